The standard InChI is InChI=1S/C16H12N4O2/c1-2-22-16(21)12-9-17-20-13-8-7-10-5-3-4-6-11(10)14(13)18-19-15(12)20/h3-9H,2H2,1H3. The molecule has 0 aliphatic heterocycles. The number of benzene rings is 2. The minimum atomic E-state index is -0.438. The first-order valence-corrected chi connectivity index (χ1v) is 6.98. The van der Waals surface area contributed by atoms with Gasteiger partial charge in [-0.3, -0.25) is 0 Å². The number of esters is 1. The third-order valence-corrected chi connectivity index (χ3v) is 3.59. The summed E-state index contributed by atoms with van der Waals surface area (Å²) >= 11 is 0. The first-order valence-electron chi connectivity index (χ1n) is 6.98. The van der Waals surface area contributed by atoms with Crippen LogP contribution in [0.15, 0.2) is 42.6 Å². The summed E-state index contributed by atoms with van der Waals surface area (Å²) in [4.78, 5) is 11.9. The lowest BCUT2D eigenvalue weighted by Gasteiger charge is -2.04. The molecule has 0 fully saturated rings. The van der Waals surface area contributed by atoms with Crippen molar-refractivity contribution in [3.8, 4) is 0 Å². The number of nitrogens with zero attached hydrogens (tertiary/aromatic N) is 4. The number of rotatable bonds is 2. The molecule has 0 unspecified atom stereocenters. The summed E-state index contributed by atoms with van der Waals surface area (Å²) in [5.41, 5.74) is 2.29. The van der Waals surface area contributed by atoms with Crippen molar-refractivity contribution in [3.63, 3.8) is 0 Å². The number of carbonyl (C=O) groups excluding carboxylic acids is 1. The zero-order chi connectivity index (χ0) is 15.1. The van der Waals surface area contributed by atoms with Crippen molar-refractivity contribution in [2.24, 2.45) is 0 Å². The van der Waals surface area contributed by atoms with Crippen LogP contribution in [0, 0.1) is 0 Å². The molecule has 0 saturated carbocycles. The maximum absolute atomic E-state index is 11.9. The lowest BCUT2D eigenvalue weighted by molar-refractivity contribution is 0.0528. The Bertz CT molecular complexity index is 1020. The molecule has 4 aromatic rings. The molecular formula is C16H12N4O2. The first-order chi connectivity index (χ1) is 10.8. The molecule has 0 N–H and O–H groups in total. The van der Waals surface area contributed by atoms with E-state index in [0.717, 1.165) is 21.8 Å². The van der Waals surface area contributed by atoms with Crippen LogP contribution in [0.3, 0.4) is 0 Å². The second-order valence-corrected chi connectivity index (χ2v) is 4.87. The van der Waals surface area contributed by atoms with Crippen LogP contribution in [-0.4, -0.2) is 32.4 Å². The predicted octanol–water partition coefficient (Wildman–Crippen LogP) is 2.61. The summed E-state index contributed by atoms with van der Waals surface area (Å²) in [6, 6.07) is 11.9. The summed E-state index contributed by atoms with van der Waals surface area (Å²) in [6.45, 7) is 2.07. The SMILES string of the molecule is CCOC(=O)c1cnn2c1nnc1c3ccccc3ccc12. The Balaban J connectivity index is 2.04. The predicted molar refractivity (Wildman–Crippen MR) is 81.8 cm³/mol. The lowest BCUT2D eigenvalue weighted by atomic mass is 10.1. The van der Waals surface area contributed by atoms with Crippen molar-refractivity contribution in [2.45, 2.75) is 6.92 Å². The monoisotopic (exact) mass is 292 g/mol. The Morgan fingerprint density at radius 2 is 2.05 bits per heavy atom. The summed E-state index contributed by atoms with van der Waals surface area (Å²) in [5, 5.41) is 14.8. The van der Waals surface area contributed by atoms with Crippen molar-refractivity contribution in [1.29, 1.82) is 0 Å². The van der Waals surface area contributed by atoms with Crippen molar-refractivity contribution in [2.75, 3.05) is 6.61 Å². The fourth-order valence-corrected chi connectivity index (χ4v) is 2.58. The Morgan fingerprint density at radius 3 is 2.91 bits per heavy atom. The van der Waals surface area contributed by atoms with Gasteiger partial charge in [-0.2, -0.15) is 5.10 Å². The third-order valence-electron chi connectivity index (χ3n) is 3.59. The third kappa shape index (κ3) is 1.74. The molecule has 22 heavy (non-hydrogen) atoms. The maximum Gasteiger partial charge on any atom is 0.343 e. The number of hydrogen-bond donors (Lipinski definition) is 0. The van der Waals surface area contributed by atoms with Gasteiger partial charge in [0.15, 0.2) is 5.65 Å². The second-order valence-electron chi connectivity index (χ2n) is 4.87. The molecule has 0 aliphatic rings. The minimum absolute atomic E-state index is 0.307. The number of fused-ring (bicyclic) bond motifs is 5. The van der Waals surface area contributed by atoms with Gasteiger partial charge in [-0.25, -0.2) is 9.31 Å². The highest BCUT2D eigenvalue weighted by atomic mass is 16.5. The molecule has 0 bridgehead atoms. The van der Waals surface area contributed by atoms with E-state index in [1.807, 2.05) is 36.4 Å². The molecule has 0 aliphatic carbocycles. The van der Waals surface area contributed by atoms with Crippen LogP contribution in [0.4, 0.5) is 0 Å². The van der Waals surface area contributed by atoms with Crippen LogP contribution in [-0.2, 0) is 4.74 Å². The second kappa shape index (κ2) is 4.77. The zero-order valence-electron chi connectivity index (χ0n) is 11.9. The van der Waals surface area contributed by atoms with E-state index in [0.29, 0.717) is 17.8 Å². The molecule has 4 rings (SSSR count). The summed E-state index contributed by atoms with van der Waals surface area (Å²) in [6.07, 6.45) is 1.47. The molecule has 2 aromatic heterocycles. The first kappa shape index (κ1) is 12.7. The maximum atomic E-state index is 11.9. The smallest absolute Gasteiger partial charge is 0.343 e. The normalized spacial score (nSPS) is 11.3. The number of carbonyl (C=O) groups is 1. The van der Waals surface area contributed by atoms with Gasteiger partial charge in [-0.1, -0.05) is 30.3 Å². The van der Waals surface area contributed by atoms with Crippen LogP contribution in [0.5, 0.6) is 0 Å². The fourth-order valence-electron chi connectivity index (χ4n) is 2.58. The molecule has 0 atom stereocenters. The number of ether oxygens (including phenoxy) is 1. The Kier molecular flexibility index (Phi) is 2.75. The summed E-state index contributed by atoms with van der Waals surface area (Å²) < 4.78 is 6.64. The molecule has 0 saturated heterocycles. The Morgan fingerprint density at radius 1 is 1.18 bits per heavy atom. The highest BCUT2D eigenvalue weighted by Gasteiger charge is 2.17. The van der Waals surface area contributed by atoms with Crippen molar-refractivity contribution in [3.05, 3.63) is 48.2 Å². The van der Waals surface area contributed by atoms with E-state index >= 15 is 0 Å². The van der Waals surface area contributed by atoms with Gasteiger partial charge in [0, 0.05) is 5.39 Å². The van der Waals surface area contributed by atoms with Crippen LogP contribution in [0.2, 0.25) is 0 Å². The van der Waals surface area contributed by atoms with Crippen LogP contribution in [0.1, 0.15) is 17.3 Å². The molecule has 0 radical (unpaired) electrons. The fraction of sp³-hybridized carbons (Fsp3) is 0.125. The van der Waals surface area contributed by atoms with E-state index in [1.165, 1.54) is 6.20 Å². The average molecular weight is 292 g/mol. The van der Waals surface area contributed by atoms with Crippen LogP contribution in [0.25, 0.3) is 27.5 Å². The summed E-state index contributed by atoms with van der Waals surface area (Å²) in [7, 11) is 0. The van der Waals surface area contributed by atoms with E-state index in [2.05, 4.69) is 15.3 Å². The molecular weight excluding hydrogens is 280 g/mol. The van der Waals surface area contributed by atoms with Crippen LogP contribution >= 0.6 is 0 Å². The van der Waals surface area contributed by atoms with Crippen LogP contribution < -0.4 is 0 Å². The van der Waals surface area contributed by atoms with E-state index in [9.17, 15) is 4.79 Å². The Hall–Kier alpha value is -3.02. The largest absolute Gasteiger partial charge is 0.462 e. The van der Waals surface area contributed by atoms with Crippen molar-refractivity contribution < 1.29 is 9.53 Å². The quantitative estimate of drug-likeness (QED) is 0.419. The van der Waals surface area contributed by atoms with Gasteiger partial charge in [0.1, 0.15) is 11.1 Å². The van der Waals surface area contributed by atoms with Gasteiger partial charge >= 0.3 is 5.97 Å². The highest BCUT2D eigenvalue weighted by molar-refractivity contribution is 6.05. The van der Waals surface area contributed by atoms with E-state index < -0.39 is 5.97 Å². The molecule has 108 valence electrons. The van der Waals surface area contributed by atoms with Gasteiger partial charge in [0.25, 0.3) is 0 Å². The number of hydrogen-bond acceptors (Lipinski definition) is 5. The number of aromatic nitrogens is 4. The highest BCUT2D eigenvalue weighted by Crippen LogP contribution is 2.24. The zero-order valence-corrected chi connectivity index (χ0v) is 11.9. The van der Waals surface area contributed by atoms with Crippen molar-refractivity contribution in [1.82, 2.24) is 19.8 Å². The molecule has 2 aromatic carbocycles. The van der Waals surface area contributed by atoms with Crippen molar-refractivity contribution >= 4 is 33.4 Å². The average Bonchev–Trinajstić information content (AvgIpc) is 2.99. The van der Waals surface area contributed by atoms with Gasteiger partial charge < -0.3 is 4.74 Å². The topological polar surface area (TPSA) is 69.4 Å². The molecule has 6 heteroatoms. The van der Waals surface area contributed by atoms with E-state index in [1.54, 1.807) is 11.4 Å². The van der Waals surface area contributed by atoms with E-state index in [4.69, 9.17) is 4.74 Å². The molecule has 2 heterocycles. The van der Waals surface area contributed by atoms with E-state index in [-0.39, 0.29) is 0 Å². The van der Waals surface area contributed by atoms with Gasteiger partial charge in [-0.05, 0) is 18.4 Å². The lowest BCUT2D eigenvalue weighted by Crippen LogP contribution is -2.05. The molecule has 0 amide bonds. The minimum Gasteiger partial charge on any atom is -0.462 e. The molecule has 0 spiro atoms. The van der Waals surface area contributed by atoms with Gasteiger partial charge in [-0.15, -0.1) is 10.2 Å². The summed E-state index contributed by atoms with van der Waals surface area (Å²) in [5.74, 6) is -0.438. The molecule has 6 nitrogen and oxygen atoms in total. The van der Waals surface area contributed by atoms with Gasteiger partial charge in [0.05, 0.1) is 18.3 Å². The Labute approximate surface area is 125 Å². The van der Waals surface area contributed by atoms with Gasteiger partial charge in [0.2, 0.25) is 0 Å².